The van der Waals surface area contributed by atoms with Crippen LogP contribution in [0.3, 0.4) is 0 Å². The van der Waals surface area contributed by atoms with Crippen molar-refractivity contribution >= 4 is 16.5 Å². The first-order valence-corrected chi connectivity index (χ1v) is 9.90. The molecule has 0 N–H and O–H groups in total. The van der Waals surface area contributed by atoms with Gasteiger partial charge in [-0.25, -0.2) is 0 Å². The second-order valence-electron chi connectivity index (χ2n) is 6.57. The van der Waals surface area contributed by atoms with E-state index in [1.54, 1.807) is 0 Å². The molecule has 0 bridgehead atoms. The van der Waals surface area contributed by atoms with Crippen molar-refractivity contribution in [2.45, 2.75) is 27.7 Å². The molecule has 0 radical (unpaired) electrons. The first kappa shape index (κ1) is 19.7. The van der Waals surface area contributed by atoms with Gasteiger partial charge in [0.15, 0.2) is 0 Å². The van der Waals surface area contributed by atoms with E-state index in [1.165, 1.54) is 16.5 Å². The molecule has 0 aromatic heterocycles. The van der Waals surface area contributed by atoms with Crippen molar-refractivity contribution in [3.8, 4) is 0 Å². The van der Waals surface area contributed by atoms with Gasteiger partial charge in [-0.3, -0.25) is 0 Å². The van der Waals surface area contributed by atoms with E-state index in [0.29, 0.717) is 0 Å². The summed E-state index contributed by atoms with van der Waals surface area (Å²) in [5.74, 6) is 0. The molecule has 3 heteroatoms. The summed E-state index contributed by atoms with van der Waals surface area (Å²) in [6.07, 6.45) is 0. The van der Waals surface area contributed by atoms with Crippen LogP contribution in [0.1, 0.15) is 27.7 Å². The standard InChI is InChI=1S/C22H35N3/c1-5-23(6-2)15-17-25(18-16-24(7-3)8-4)22-14-13-20-11-9-10-12-21(20)19-22/h9-14,19H,5-8,15-18H2,1-4H3. The highest BCUT2D eigenvalue weighted by Gasteiger charge is 2.11. The normalized spacial score (nSPS) is 11.6. The van der Waals surface area contributed by atoms with E-state index in [4.69, 9.17) is 0 Å². The molecule has 2 aromatic rings. The Kier molecular flexibility index (Phi) is 8.23. The number of hydrogen-bond acceptors (Lipinski definition) is 3. The fourth-order valence-corrected chi connectivity index (χ4v) is 3.35. The summed E-state index contributed by atoms with van der Waals surface area (Å²) in [5, 5.41) is 2.65. The van der Waals surface area contributed by atoms with E-state index < -0.39 is 0 Å². The molecule has 138 valence electrons. The van der Waals surface area contributed by atoms with Crippen molar-refractivity contribution in [1.29, 1.82) is 0 Å². The molecule has 0 aliphatic carbocycles. The molecule has 0 amide bonds. The summed E-state index contributed by atoms with van der Waals surface area (Å²) in [6.45, 7) is 17.9. The zero-order chi connectivity index (χ0) is 18.1. The Morgan fingerprint density at radius 1 is 0.600 bits per heavy atom. The zero-order valence-electron chi connectivity index (χ0n) is 16.5. The summed E-state index contributed by atoms with van der Waals surface area (Å²) in [6, 6.07) is 15.5. The molecule has 0 aliphatic rings. The van der Waals surface area contributed by atoms with Crippen molar-refractivity contribution in [2.75, 3.05) is 57.3 Å². The number of nitrogens with zero attached hydrogens (tertiary/aromatic N) is 3. The van der Waals surface area contributed by atoms with Gasteiger partial charge in [0, 0.05) is 31.9 Å². The average Bonchev–Trinajstić information content (AvgIpc) is 2.67. The quantitative estimate of drug-likeness (QED) is 0.602. The van der Waals surface area contributed by atoms with Gasteiger partial charge in [-0.1, -0.05) is 58.0 Å². The van der Waals surface area contributed by atoms with Crippen molar-refractivity contribution in [3.63, 3.8) is 0 Å². The molecule has 0 saturated carbocycles. The fraction of sp³-hybridized carbons (Fsp3) is 0.545. The lowest BCUT2D eigenvalue weighted by atomic mass is 10.1. The molecule has 0 unspecified atom stereocenters. The summed E-state index contributed by atoms with van der Waals surface area (Å²) in [7, 11) is 0. The molecular formula is C22H35N3. The third kappa shape index (κ3) is 5.72. The Balaban J connectivity index is 2.15. The van der Waals surface area contributed by atoms with Crippen LogP contribution >= 0.6 is 0 Å². The zero-order valence-corrected chi connectivity index (χ0v) is 16.5. The van der Waals surface area contributed by atoms with Gasteiger partial charge in [-0.15, -0.1) is 0 Å². The third-order valence-corrected chi connectivity index (χ3v) is 5.26. The van der Waals surface area contributed by atoms with Gasteiger partial charge in [-0.05, 0) is 49.1 Å². The van der Waals surface area contributed by atoms with Crippen LogP contribution in [-0.2, 0) is 0 Å². The van der Waals surface area contributed by atoms with Crippen molar-refractivity contribution in [1.82, 2.24) is 9.80 Å². The highest BCUT2D eigenvalue weighted by Crippen LogP contribution is 2.22. The molecule has 2 rings (SSSR count). The van der Waals surface area contributed by atoms with Gasteiger partial charge in [0.2, 0.25) is 0 Å². The minimum atomic E-state index is 1.08. The Morgan fingerprint density at radius 2 is 1.12 bits per heavy atom. The molecule has 0 aliphatic heterocycles. The van der Waals surface area contributed by atoms with Gasteiger partial charge in [0.1, 0.15) is 0 Å². The topological polar surface area (TPSA) is 9.72 Å². The van der Waals surface area contributed by atoms with Gasteiger partial charge < -0.3 is 14.7 Å². The van der Waals surface area contributed by atoms with Crippen molar-refractivity contribution in [2.24, 2.45) is 0 Å². The van der Waals surface area contributed by atoms with Crippen LogP contribution < -0.4 is 4.90 Å². The fourth-order valence-electron chi connectivity index (χ4n) is 3.35. The van der Waals surface area contributed by atoms with Crippen LogP contribution in [0.4, 0.5) is 5.69 Å². The number of fused-ring (bicyclic) bond motifs is 1. The number of anilines is 1. The SMILES string of the molecule is CCN(CC)CCN(CCN(CC)CC)c1ccc2ccccc2c1. The van der Waals surface area contributed by atoms with E-state index in [9.17, 15) is 0 Å². The molecule has 2 aromatic carbocycles. The maximum atomic E-state index is 2.56. The molecule has 3 nitrogen and oxygen atoms in total. The summed E-state index contributed by atoms with van der Waals surface area (Å²) < 4.78 is 0. The first-order valence-electron chi connectivity index (χ1n) is 9.90. The Morgan fingerprint density at radius 3 is 1.64 bits per heavy atom. The Bertz CT molecular complexity index is 601. The number of hydrogen-bond donors (Lipinski definition) is 0. The minimum absolute atomic E-state index is 1.08. The van der Waals surface area contributed by atoms with E-state index in [-0.39, 0.29) is 0 Å². The first-order chi connectivity index (χ1) is 12.2. The Labute approximate surface area is 154 Å². The third-order valence-electron chi connectivity index (χ3n) is 5.26. The maximum absolute atomic E-state index is 2.56. The lowest BCUT2D eigenvalue weighted by molar-refractivity contribution is 0.294. The highest BCUT2D eigenvalue weighted by molar-refractivity contribution is 5.85. The average molecular weight is 342 g/mol. The van der Waals surface area contributed by atoms with Crippen LogP contribution in [0.15, 0.2) is 42.5 Å². The van der Waals surface area contributed by atoms with E-state index in [0.717, 1.165) is 52.4 Å². The van der Waals surface area contributed by atoms with E-state index >= 15 is 0 Å². The monoisotopic (exact) mass is 341 g/mol. The smallest absolute Gasteiger partial charge is 0.0373 e. The summed E-state index contributed by atoms with van der Waals surface area (Å²) >= 11 is 0. The molecule has 25 heavy (non-hydrogen) atoms. The predicted molar refractivity (Wildman–Crippen MR) is 112 cm³/mol. The van der Waals surface area contributed by atoms with Crippen LogP contribution in [0.25, 0.3) is 10.8 Å². The maximum Gasteiger partial charge on any atom is 0.0373 e. The molecule has 0 spiro atoms. The van der Waals surface area contributed by atoms with Crippen LogP contribution in [-0.4, -0.2) is 62.2 Å². The largest absolute Gasteiger partial charge is 0.369 e. The lowest BCUT2D eigenvalue weighted by Crippen LogP contribution is -2.39. The highest BCUT2D eigenvalue weighted by atomic mass is 15.2. The lowest BCUT2D eigenvalue weighted by Gasteiger charge is -2.30. The van der Waals surface area contributed by atoms with E-state index in [1.807, 2.05) is 0 Å². The van der Waals surface area contributed by atoms with Crippen molar-refractivity contribution < 1.29 is 0 Å². The van der Waals surface area contributed by atoms with Crippen LogP contribution in [0.2, 0.25) is 0 Å². The van der Waals surface area contributed by atoms with Gasteiger partial charge in [0.05, 0.1) is 0 Å². The van der Waals surface area contributed by atoms with Crippen LogP contribution in [0.5, 0.6) is 0 Å². The Hall–Kier alpha value is -1.58. The van der Waals surface area contributed by atoms with Gasteiger partial charge in [-0.2, -0.15) is 0 Å². The summed E-state index contributed by atoms with van der Waals surface area (Å²) in [5.41, 5.74) is 1.35. The van der Waals surface area contributed by atoms with E-state index in [2.05, 4.69) is 84.9 Å². The molecule has 0 saturated heterocycles. The molecular weight excluding hydrogens is 306 g/mol. The van der Waals surface area contributed by atoms with Gasteiger partial charge in [0.25, 0.3) is 0 Å². The number of rotatable bonds is 11. The minimum Gasteiger partial charge on any atom is -0.369 e. The molecule has 0 fully saturated rings. The molecule has 0 heterocycles. The number of likely N-dealkylation sites (N-methyl/N-ethyl adjacent to an activating group) is 2. The number of benzene rings is 2. The second kappa shape index (κ2) is 10.4. The molecule has 0 atom stereocenters. The summed E-state index contributed by atoms with van der Waals surface area (Å²) in [4.78, 5) is 7.57. The van der Waals surface area contributed by atoms with Crippen LogP contribution in [0, 0.1) is 0 Å². The van der Waals surface area contributed by atoms with Crippen molar-refractivity contribution in [3.05, 3.63) is 42.5 Å². The second-order valence-corrected chi connectivity index (χ2v) is 6.57. The predicted octanol–water partition coefficient (Wildman–Crippen LogP) is 4.33. The van der Waals surface area contributed by atoms with Gasteiger partial charge >= 0.3 is 0 Å².